The number of carbonyl (C=O) groups is 2. The average molecular weight is 219 g/mol. The van der Waals surface area contributed by atoms with Crippen molar-refractivity contribution in [3.63, 3.8) is 0 Å². The Bertz CT molecular complexity index is 245. The molecular weight excluding hydrogens is 204 g/mol. The summed E-state index contributed by atoms with van der Waals surface area (Å²) in [6.07, 6.45) is 0. The predicted molar refractivity (Wildman–Crippen MR) is 54.1 cm³/mol. The normalized spacial score (nSPS) is 19.8. The van der Waals surface area contributed by atoms with Crippen LogP contribution in [0.1, 0.15) is 6.92 Å². The van der Waals surface area contributed by atoms with Gasteiger partial charge in [0.05, 0.1) is 6.54 Å². The van der Waals surface area contributed by atoms with E-state index in [4.69, 9.17) is 11.6 Å². The van der Waals surface area contributed by atoms with Crippen LogP contribution in [0.3, 0.4) is 0 Å². The van der Waals surface area contributed by atoms with Crippen LogP contribution in [-0.2, 0) is 9.59 Å². The third-order valence-corrected chi connectivity index (χ3v) is 2.88. The molecule has 1 unspecified atom stereocenters. The van der Waals surface area contributed by atoms with Gasteiger partial charge in [0.25, 0.3) is 0 Å². The third-order valence-electron chi connectivity index (χ3n) is 2.42. The Morgan fingerprint density at radius 3 is 2.71 bits per heavy atom. The van der Waals surface area contributed by atoms with Gasteiger partial charge >= 0.3 is 0 Å². The van der Waals surface area contributed by atoms with Crippen LogP contribution in [0.15, 0.2) is 0 Å². The number of amides is 2. The number of likely N-dealkylation sites (N-methyl/N-ethyl adjacent to an activating group) is 1. The summed E-state index contributed by atoms with van der Waals surface area (Å²) in [4.78, 5) is 26.2. The molecule has 0 bridgehead atoms. The highest BCUT2D eigenvalue weighted by molar-refractivity contribution is 6.19. The molecule has 80 valence electrons. The molecule has 14 heavy (non-hydrogen) atoms. The van der Waals surface area contributed by atoms with Gasteiger partial charge in [-0.25, -0.2) is 0 Å². The Labute approximate surface area is 88.8 Å². The fraction of sp³-hybridized carbons (Fsp3) is 0.778. The lowest BCUT2D eigenvalue weighted by Crippen LogP contribution is -2.52. The summed E-state index contributed by atoms with van der Waals surface area (Å²) in [5.74, 6) is 0.0695. The van der Waals surface area contributed by atoms with Crippen LogP contribution in [0.2, 0.25) is 0 Å². The van der Waals surface area contributed by atoms with E-state index in [1.54, 1.807) is 23.8 Å². The molecule has 1 rings (SSSR count). The van der Waals surface area contributed by atoms with Gasteiger partial charge in [-0.2, -0.15) is 0 Å². The van der Waals surface area contributed by atoms with Gasteiger partial charge in [0, 0.05) is 31.9 Å². The molecule has 1 saturated heterocycles. The summed E-state index contributed by atoms with van der Waals surface area (Å²) in [5.41, 5.74) is 0. The number of hydrogen-bond acceptors (Lipinski definition) is 2. The van der Waals surface area contributed by atoms with Crippen LogP contribution in [0.4, 0.5) is 0 Å². The van der Waals surface area contributed by atoms with Crippen LogP contribution in [0.25, 0.3) is 0 Å². The van der Waals surface area contributed by atoms with Crippen LogP contribution < -0.4 is 0 Å². The van der Waals surface area contributed by atoms with Crippen LogP contribution in [0.5, 0.6) is 0 Å². The first-order valence-corrected chi connectivity index (χ1v) is 5.18. The Hall–Kier alpha value is -0.770. The smallest absolute Gasteiger partial charge is 0.241 e. The zero-order chi connectivity index (χ0) is 10.7. The molecule has 0 N–H and O–H groups in total. The second-order valence-electron chi connectivity index (χ2n) is 3.63. The number of piperazine rings is 1. The topological polar surface area (TPSA) is 40.6 Å². The van der Waals surface area contributed by atoms with E-state index in [2.05, 4.69) is 0 Å². The van der Waals surface area contributed by atoms with Gasteiger partial charge in [-0.15, -0.1) is 11.6 Å². The summed E-state index contributed by atoms with van der Waals surface area (Å²) >= 11 is 5.59. The Morgan fingerprint density at radius 1 is 1.57 bits per heavy atom. The number of halogens is 1. The quantitative estimate of drug-likeness (QED) is 0.620. The minimum Gasteiger partial charge on any atom is -0.342 e. The van der Waals surface area contributed by atoms with E-state index in [-0.39, 0.29) is 24.3 Å². The lowest BCUT2D eigenvalue weighted by atomic mass is 10.1. The van der Waals surface area contributed by atoms with E-state index in [1.807, 2.05) is 0 Å². The van der Waals surface area contributed by atoms with Crippen LogP contribution >= 0.6 is 11.6 Å². The highest BCUT2D eigenvalue weighted by atomic mass is 35.5. The molecule has 4 nitrogen and oxygen atoms in total. The highest BCUT2D eigenvalue weighted by Gasteiger charge is 2.27. The van der Waals surface area contributed by atoms with Crippen molar-refractivity contribution in [2.75, 3.05) is 32.6 Å². The number of rotatable bonds is 2. The predicted octanol–water partition coefficient (Wildman–Crippen LogP) is 0.162. The molecule has 1 aliphatic heterocycles. The van der Waals surface area contributed by atoms with Crippen molar-refractivity contribution in [3.8, 4) is 0 Å². The van der Waals surface area contributed by atoms with E-state index in [0.29, 0.717) is 19.0 Å². The highest BCUT2D eigenvalue weighted by Crippen LogP contribution is 2.08. The molecule has 0 radical (unpaired) electrons. The minimum absolute atomic E-state index is 0.00799. The van der Waals surface area contributed by atoms with Crippen LogP contribution in [0, 0.1) is 5.92 Å². The van der Waals surface area contributed by atoms with E-state index >= 15 is 0 Å². The van der Waals surface area contributed by atoms with Crippen molar-refractivity contribution in [2.45, 2.75) is 6.92 Å². The average Bonchev–Trinajstić information content (AvgIpc) is 2.20. The largest absolute Gasteiger partial charge is 0.342 e. The maximum atomic E-state index is 11.7. The standard InChI is InChI=1S/C9H15ClN2O2/c1-7(5-10)9(14)12-4-3-11(2)8(13)6-12/h7H,3-6H2,1-2H3. The van der Waals surface area contributed by atoms with Crippen molar-refractivity contribution in [3.05, 3.63) is 0 Å². The molecule has 0 aliphatic carbocycles. The molecule has 5 heteroatoms. The summed E-state index contributed by atoms with van der Waals surface area (Å²) in [7, 11) is 1.75. The van der Waals surface area contributed by atoms with Crippen molar-refractivity contribution in [1.29, 1.82) is 0 Å². The molecule has 1 fully saturated rings. The van der Waals surface area contributed by atoms with Gasteiger partial charge in [0.15, 0.2) is 0 Å². The summed E-state index contributed by atoms with van der Waals surface area (Å²) in [6, 6.07) is 0. The Kier molecular flexibility index (Phi) is 3.75. The first kappa shape index (κ1) is 11.3. The van der Waals surface area contributed by atoms with Gasteiger partial charge in [0.2, 0.25) is 11.8 Å². The summed E-state index contributed by atoms with van der Waals surface area (Å²) in [5, 5.41) is 0. The Morgan fingerprint density at radius 2 is 2.21 bits per heavy atom. The van der Waals surface area contributed by atoms with Gasteiger partial charge < -0.3 is 9.80 Å². The second kappa shape index (κ2) is 4.64. The summed E-state index contributed by atoms with van der Waals surface area (Å²) < 4.78 is 0. The number of carbonyl (C=O) groups excluding carboxylic acids is 2. The van der Waals surface area contributed by atoms with Gasteiger partial charge in [-0.05, 0) is 0 Å². The molecule has 1 aliphatic rings. The SMILES string of the molecule is CC(CCl)C(=O)N1CCN(C)C(=O)C1. The van der Waals surface area contributed by atoms with Crippen molar-refractivity contribution in [2.24, 2.45) is 5.92 Å². The van der Waals surface area contributed by atoms with Gasteiger partial charge in [0.1, 0.15) is 0 Å². The Balaban J connectivity index is 2.54. The number of alkyl halides is 1. The molecule has 0 aromatic rings. The van der Waals surface area contributed by atoms with E-state index in [0.717, 1.165) is 0 Å². The van der Waals surface area contributed by atoms with Crippen LogP contribution in [-0.4, -0.2) is 54.2 Å². The molecule has 1 heterocycles. The first-order valence-electron chi connectivity index (χ1n) is 4.65. The molecule has 2 amide bonds. The second-order valence-corrected chi connectivity index (χ2v) is 3.94. The molecule has 1 atom stereocenters. The van der Waals surface area contributed by atoms with Gasteiger partial charge in [-0.1, -0.05) is 6.92 Å². The molecule has 0 spiro atoms. The van der Waals surface area contributed by atoms with Crippen molar-refractivity contribution in [1.82, 2.24) is 9.80 Å². The van der Waals surface area contributed by atoms with E-state index < -0.39 is 0 Å². The zero-order valence-corrected chi connectivity index (χ0v) is 9.25. The third kappa shape index (κ3) is 2.38. The number of hydrogen-bond donors (Lipinski definition) is 0. The monoisotopic (exact) mass is 218 g/mol. The van der Waals surface area contributed by atoms with E-state index in [9.17, 15) is 9.59 Å². The molecule has 0 aromatic carbocycles. The van der Waals surface area contributed by atoms with Crippen molar-refractivity contribution >= 4 is 23.4 Å². The maximum Gasteiger partial charge on any atom is 0.241 e. The fourth-order valence-electron chi connectivity index (χ4n) is 1.32. The fourth-order valence-corrected chi connectivity index (χ4v) is 1.46. The molecular formula is C9H15ClN2O2. The number of nitrogens with zero attached hydrogens (tertiary/aromatic N) is 2. The molecule has 0 aromatic heterocycles. The zero-order valence-electron chi connectivity index (χ0n) is 8.49. The van der Waals surface area contributed by atoms with E-state index in [1.165, 1.54) is 0 Å². The van der Waals surface area contributed by atoms with Crippen molar-refractivity contribution < 1.29 is 9.59 Å². The maximum absolute atomic E-state index is 11.7. The lowest BCUT2D eigenvalue weighted by molar-refractivity contribution is -0.145. The lowest BCUT2D eigenvalue weighted by Gasteiger charge is -2.33. The first-order chi connectivity index (χ1) is 6.56. The molecule has 0 saturated carbocycles. The minimum atomic E-state index is -0.201. The van der Waals surface area contributed by atoms with Gasteiger partial charge in [-0.3, -0.25) is 9.59 Å². The summed E-state index contributed by atoms with van der Waals surface area (Å²) in [6.45, 7) is 3.19.